The van der Waals surface area contributed by atoms with Crippen LogP contribution < -0.4 is 5.32 Å². The summed E-state index contributed by atoms with van der Waals surface area (Å²) in [5, 5.41) is 75.9. The van der Waals surface area contributed by atoms with Crippen LogP contribution in [0.15, 0.2) is 36.5 Å². The first-order valence-corrected chi connectivity index (χ1v) is 29.4. The largest absolute Gasteiger partial charge is 0.394 e. The quantitative estimate of drug-likeness (QED) is 0.0215. The number of amides is 1. The lowest BCUT2D eigenvalue weighted by molar-refractivity contribution is -0.303. The molecule has 0 spiro atoms. The Morgan fingerprint density at radius 2 is 0.857 bits per heavy atom. The van der Waals surface area contributed by atoms with Gasteiger partial charge >= 0.3 is 0 Å². The molecule has 1 rings (SSSR count). The van der Waals surface area contributed by atoms with E-state index in [0.717, 1.165) is 38.5 Å². The van der Waals surface area contributed by atoms with Crippen LogP contribution >= 0.6 is 0 Å². The molecule has 70 heavy (non-hydrogen) atoms. The lowest BCUT2D eigenvalue weighted by Crippen LogP contribution is -2.60. The minimum Gasteiger partial charge on any atom is -0.394 e. The first-order chi connectivity index (χ1) is 34.2. The molecule has 11 heteroatoms. The highest BCUT2D eigenvalue weighted by Crippen LogP contribution is 2.23. The maximum atomic E-state index is 13.1. The summed E-state index contributed by atoms with van der Waals surface area (Å²) >= 11 is 0. The molecular weight excluding hydrogens is 883 g/mol. The predicted molar refractivity (Wildman–Crippen MR) is 289 cm³/mol. The molecule has 0 saturated carbocycles. The highest BCUT2D eigenvalue weighted by atomic mass is 16.7. The highest BCUT2D eigenvalue weighted by Gasteiger charge is 2.44. The summed E-state index contributed by atoms with van der Waals surface area (Å²) < 4.78 is 11.1. The third-order valence-electron chi connectivity index (χ3n) is 14.1. The third-order valence-corrected chi connectivity index (χ3v) is 14.1. The van der Waals surface area contributed by atoms with E-state index < -0.39 is 74.2 Å². The zero-order valence-electron chi connectivity index (χ0n) is 45.0. The molecule has 8 N–H and O–H groups in total. The molecule has 0 bridgehead atoms. The van der Waals surface area contributed by atoms with E-state index in [9.17, 15) is 40.5 Å². The van der Waals surface area contributed by atoms with Crippen molar-refractivity contribution in [1.29, 1.82) is 0 Å². The topological polar surface area (TPSA) is 189 Å². The maximum absolute atomic E-state index is 13.1. The van der Waals surface area contributed by atoms with Crippen LogP contribution in [0.3, 0.4) is 0 Å². The number of rotatable bonds is 50. The average Bonchev–Trinajstić information content (AvgIpc) is 3.36. The summed E-state index contributed by atoms with van der Waals surface area (Å²) in [4.78, 5) is 13.1. The first-order valence-electron chi connectivity index (χ1n) is 29.4. The van der Waals surface area contributed by atoms with Gasteiger partial charge in [0.25, 0.3) is 0 Å². The summed E-state index contributed by atoms with van der Waals surface area (Å²) in [6, 6.07) is -1.19. The first kappa shape index (κ1) is 66.3. The second-order valence-electron chi connectivity index (χ2n) is 20.7. The van der Waals surface area contributed by atoms with Gasteiger partial charge in [0.05, 0.1) is 25.4 Å². The van der Waals surface area contributed by atoms with E-state index in [1.807, 2.05) is 0 Å². The van der Waals surface area contributed by atoms with Crippen molar-refractivity contribution in [2.75, 3.05) is 13.2 Å². The van der Waals surface area contributed by atoms with Gasteiger partial charge in [-0.25, -0.2) is 0 Å². The van der Waals surface area contributed by atoms with Crippen LogP contribution in [0.5, 0.6) is 0 Å². The van der Waals surface area contributed by atoms with Crippen molar-refractivity contribution in [1.82, 2.24) is 5.32 Å². The Kier molecular flexibility index (Phi) is 45.8. The van der Waals surface area contributed by atoms with Crippen LogP contribution in [0, 0.1) is 0 Å². The van der Waals surface area contributed by atoms with Crippen LogP contribution in [0.25, 0.3) is 0 Å². The van der Waals surface area contributed by atoms with E-state index in [0.29, 0.717) is 19.3 Å². The van der Waals surface area contributed by atoms with Gasteiger partial charge in [-0.15, -0.1) is 0 Å². The van der Waals surface area contributed by atoms with Gasteiger partial charge in [-0.05, 0) is 77.0 Å². The number of allylic oxidation sites excluding steroid dienone is 6. The van der Waals surface area contributed by atoms with Crippen molar-refractivity contribution in [3.8, 4) is 0 Å². The summed E-state index contributed by atoms with van der Waals surface area (Å²) in [6.45, 7) is 3.41. The monoisotopic (exact) mass is 994 g/mol. The van der Waals surface area contributed by atoms with Crippen LogP contribution in [0.4, 0.5) is 0 Å². The maximum Gasteiger partial charge on any atom is 0.249 e. The molecule has 9 atom stereocenters. The molecule has 1 fully saturated rings. The van der Waals surface area contributed by atoms with Crippen LogP contribution in [0.2, 0.25) is 0 Å². The number of nitrogens with one attached hydrogen (secondary N) is 1. The van der Waals surface area contributed by atoms with Gasteiger partial charge in [0, 0.05) is 0 Å². The molecule has 0 aliphatic carbocycles. The molecule has 0 aromatic carbocycles. The summed E-state index contributed by atoms with van der Waals surface area (Å²) in [7, 11) is 0. The fraction of sp³-hybridized carbons (Fsp3) is 0.881. The molecule has 1 aliphatic heterocycles. The number of unbranched alkanes of at least 4 members (excludes halogenated alkanes) is 32. The number of carbonyl (C=O) groups is 1. The van der Waals surface area contributed by atoms with E-state index in [1.54, 1.807) is 0 Å². The van der Waals surface area contributed by atoms with Crippen molar-refractivity contribution in [3.05, 3.63) is 36.5 Å². The second-order valence-corrected chi connectivity index (χ2v) is 20.7. The molecule has 412 valence electrons. The molecule has 1 amide bonds. The molecule has 1 heterocycles. The summed E-state index contributed by atoms with van der Waals surface area (Å²) in [5.74, 6) is -0.709. The number of aliphatic hydroxyl groups excluding tert-OH is 7. The van der Waals surface area contributed by atoms with Gasteiger partial charge in [0.2, 0.25) is 5.91 Å². The Morgan fingerprint density at radius 3 is 1.30 bits per heavy atom. The fourth-order valence-electron chi connectivity index (χ4n) is 9.34. The number of carbonyl (C=O) groups excluding carboxylic acids is 1. The van der Waals surface area contributed by atoms with Crippen LogP contribution in [-0.4, -0.2) is 110 Å². The Balaban J connectivity index is 2.20. The van der Waals surface area contributed by atoms with Crippen molar-refractivity contribution < 1.29 is 50.0 Å². The van der Waals surface area contributed by atoms with Gasteiger partial charge in [0.15, 0.2) is 6.29 Å². The summed E-state index contributed by atoms with van der Waals surface area (Å²) in [6.07, 6.45) is 48.0. The van der Waals surface area contributed by atoms with Crippen molar-refractivity contribution >= 4 is 5.91 Å². The Labute approximate surface area is 428 Å². The molecule has 1 aliphatic rings. The number of ether oxygens (including phenoxy) is 2. The molecule has 0 aromatic heterocycles. The number of hydrogen-bond acceptors (Lipinski definition) is 10. The van der Waals surface area contributed by atoms with E-state index in [2.05, 4.69) is 55.6 Å². The number of hydrogen-bond donors (Lipinski definition) is 8. The second kappa shape index (κ2) is 48.3. The highest BCUT2D eigenvalue weighted by molar-refractivity contribution is 5.80. The van der Waals surface area contributed by atoms with E-state index in [-0.39, 0.29) is 12.8 Å². The lowest BCUT2D eigenvalue weighted by Gasteiger charge is -2.40. The zero-order valence-corrected chi connectivity index (χ0v) is 45.0. The lowest BCUT2D eigenvalue weighted by atomic mass is 9.98. The standard InChI is InChI=1S/C59H111NO10/c1-3-5-7-9-11-13-15-17-18-19-20-21-22-23-24-25-26-27-28-29-30-31-32-33-34-35-37-39-41-43-45-47-52(63)58(68)60-50(49-69-59-57(67)56(66)55(65)53(48-61)70-59)54(64)51(62)46-44-42-40-38-36-16-14-12-10-8-6-4-2/h12,14,23-24,38,40,50-57,59,61-67H,3-11,13,15-22,25-37,39,41-49H2,1-2H3,(H,60,68)/b14-12+,24-23-,40-38+. The molecule has 0 radical (unpaired) electrons. The number of aliphatic hydroxyl groups is 7. The van der Waals surface area contributed by atoms with Gasteiger partial charge in [-0.1, -0.05) is 224 Å². The minimum atomic E-state index is -1.67. The molecule has 11 nitrogen and oxygen atoms in total. The Hall–Kier alpha value is -1.67. The van der Waals surface area contributed by atoms with Gasteiger partial charge in [-0.3, -0.25) is 4.79 Å². The van der Waals surface area contributed by atoms with Gasteiger partial charge in [-0.2, -0.15) is 0 Å². The minimum absolute atomic E-state index is 0.246. The smallest absolute Gasteiger partial charge is 0.249 e. The molecule has 1 saturated heterocycles. The third kappa shape index (κ3) is 36.3. The van der Waals surface area contributed by atoms with E-state index in [1.165, 1.54) is 180 Å². The Bertz CT molecular complexity index is 1230. The fourth-order valence-corrected chi connectivity index (χ4v) is 9.34. The zero-order chi connectivity index (χ0) is 51.1. The van der Waals surface area contributed by atoms with E-state index in [4.69, 9.17) is 9.47 Å². The van der Waals surface area contributed by atoms with E-state index >= 15 is 0 Å². The van der Waals surface area contributed by atoms with Crippen LogP contribution in [-0.2, 0) is 14.3 Å². The molecule has 0 aromatic rings. The molecule has 9 unspecified atom stereocenters. The van der Waals surface area contributed by atoms with Crippen molar-refractivity contribution in [2.24, 2.45) is 0 Å². The van der Waals surface area contributed by atoms with Gasteiger partial charge in [0.1, 0.15) is 36.6 Å². The van der Waals surface area contributed by atoms with Crippen molar-refractivity contribution in [3.63, 3.8) is 0 Å². The normalized spacial score (nSPS) is 20.5. The SMILES string of the molecule is CCCCC/C=C/CC/C=C/CCCC(O)C(O)C(COC1OC(CO)C(O)C(O)C1O)NC(=O)C(O)CCCCCCCCCCCCCCCCC/C=C\CCCCCCCCCCCCCC. The molecular formula is C59H111NO10. The van der Waals surface area contributed by atoms with Crippen molar-refractivity contribution in [2.45, 2.75) is 319 Å². The Morgan fingerprint density at radius 1 is 0.486 bits per heavy atom. The van der Waals surface area contributed by atoms with Gasteiger partial charge < -0.3 is 50.5 Å². The summed E-state index contributed by atoms with van der Waals surface area (Å²) in [5.41, 5.74) is 0. The predicted octanol–water partition coefficient (Wildman–Crippen LogP) is 12.3. The van der Waals surface area contributed by atoms with Crippen LogP contribution in [0.1, 0.15) is 264 Å². The average molecular weight is 995 g/mol.